The molecule has 0 radical (unpaired) electrons. The largest absolute Gasteiger partial charge is 0.306 e. The summed E-state index contributed by atoms with van der Waals surface area (Å²) >= 11 is 5.84. The number of ketones is 1. The number of imidazole rings is 1. The van der Waals surface area contributed by atoms with Crippen molar-refractivity contribution in [1.82, 2.24) is 34.3 Å². The van der Waals surface area contributed by atoms with E-state index in [0.29, 0.717) is 35.6 Å². The molecule has 0 N–H and O–H groups in total. The minimum atomic E-state index is -0.107. The van der Waals surface area contributed by atoms with Crippen molar-refractivity contribution >= 4 is 23.0 Å². The first kappa shape index (κ1) is 17.9. The lowest BCUT2D eigenvalue weighted by molar-refractivity contribution is 0.0977. The lowest BCUT2D eigenvalue weighted by Crippen LogP contribution is -2.04. The molecule has 0 atom stereocenters. The van der Waals surface area contributed by atoms with Gasteiger partial charge in [-0.3, -0.25) is 4.79 Å². The third-order valence-corrected chi connectivity index (χ3v) is 5.18. The minimum Gasteiger partial charge on any atom is -0.306 e. The Morgan fingerprint density at radius 3 is 2.86 bits per heavy atom. The maximum Gasteiger partial charge on any atom is 0.185 e. The quantitative estimate of drug-likeness (QED) is 0.345. The highest BCUT2D eigenvalue weighted by Gasteiger charge is 2.23. The van der Waals surface area contributed by atoms with Crippen LogP contribution in [0.15, 0.2) is 43.0 Å². The fraction of sp³-hybridized carbons (Fsp3) is 0.300. The number of halogens is 1. The molecular formula is C20H18ClN7O. The molecule has 5 rings (SSSR count). The summed E-state index contributed by atoms with van der Waals surface area (Å²) in [6.07, 6.45) is 10.6. The number of nitrogens with zero attached hydrogens (tertiary/aromatic N) is 7. The molecule has 1 saturated carbocycles. The molecule has 4 heterocycles. The van der Waals surface area contributed by atoms with Crippen LogP contribution in [0.4, 0.5) is 0 Å². The average Bonchev–Trinajstić information content (AvgIpc) is 3.33. The van der Waals surface area contributed by atoms with Crippen molar-refractivity contribution in [2.75, 3.05) is 0 Å². The summed E-state index contributed by atoms with van der Waals surface area (Å²) in [4.78, 5) is 25.2. The van der Waals surface area contributed by atoms with Crippen LogP contribution in [0.2, 0.25) is 5.15 Å². The molecule has 29 heavy (non-hydrogen) atoms. The van der Waals surface area contributed by atoms with Gasteiger partial charge in [0.2, 0.25) is 0 Å². The summed E-state index contributed by atoms with van der Waals surface area (Å²) in [5.74, 6) is 1.13. The van der Waals surface area contributed by atoms with Gasteiger partial charge in [-0.05, 0) is 36.5 Å². The summed E-state index contributed by atoms with van der Waals surface area (Å²) in [5.41, 5.74) is 3.46. The molecule has 146 valence electrons. The standard InChI is InChI=1S/C20H18ClN7O/c21-18-7-8-22-19(24-18)5-4-17(29)16-12-28(26-25-16)11-15-10-27-9-14(13-1-2-13)3-6-20(27)23-15/h3,6-10,12-13H,1-2,4-5,11H2. The molecule has 0 spiro atoms. The predicted molar refractivity (Wildman–Crippen MR) is 106 cm³/mol. The highest BCUT2D eigenvalue weighted by atomic mass is 35.5. The summed E-state index contributed by atoms with van der Waals surface area (Å²) in [6, 6.07) is 5.80. The van der Waals surface area contributed by atoms with Gasteiger partial charge in [0.25, 0.3) is 0 Å². The van der Waals surface area contributed by atoms with Crippen LogP contribution in [0.3, 0.4) is 0 Å². The van der Waals surface area contributed by atoms with Crippen molar-refractivity contribution in [3.05, 3.63) is 70.9 Å². The molecule has 9 heteroatoms. The Hall–Kier alpha value is -3.13. The minimum absolute atomic E-state index is 0.107. The van der Waals surface area contributed by atoms with Gasteiger partial charge in [0.15, 0.2) is 5.78 Å². The van der Waals surface area contributed by atoms with E-state index in [1.54, 1.807) is 23.1 Å². The lowest BCUT2D eigenvalue weighted by Gasteiger charge is -1.98. The molecule has 1 fully saturated rings. The molecule has 1 aliphatic rings. The van der Waals surface area contributed by atoms with Gasteiger partial charge in [-0.25, -0.2) is 19.6 Å². The average molecular weight is 408 g/mol. The maximum atomic E-state index is 12.4. The van der Waals surface area contributed by atoms with Crippen molar-refractivity contribution in [2.24, 2.45) is 0 Å². The number of carbonyl (C=O) groups is 1. The number of pyridine rings is 1. The van der Waals surface area contributed by atoms with E-state index in [2.05, 4.69) is 41.9 Å². The van der Waals surface area contributed by atoms with E-state index in [1.165, 1.54) is 18.4 Å². The summed E-state index contributed by atoms with van der Waals surface area (Å²) < 4.78 is 3.68. The van der Waals surface area contributed by atoms with Gasteiger partial charge < -0.3 is 4.40 Å². The Balaban J connectivity index is 1.25. The van der Waals surface area contributed by atoms with Gasteiger partial charge in [0.1, 0.15) is 22.3 Å². The lowest BCUT2D eigenvalue weighted by atomic mass is 10.2. The number of hydrogen-bond acceptors (Lipinski definition) is 6. The van der Waals surface area contributed by atoms with Crippen LogP contribution >= 0.6 is 11.6 Å². The van der Waals surface area contributed by atoms with Gasteiger partial charge in [-0.15, -0.1) is 5.10 Å². The van der Waals surface area contributed by atoms with Gasteiger partial charge in [0, 0.05) is 31.4 Å². The van der Waals surface area contributed by atoms with E-state index in [0.717, 1.165) is 11.3 Å². The molecule has 4 aromatic heterocycles. The Bertz CT molecular complexity index is 1190. The van der Waals surface area contributed by atoms with Crippen molar-refractivity contribution in [2.45, 2.75) is 38.1 Å². The number of aryl methyl sites for hydroxylation is 1. The Morgan fingerprint density at radius 2 is 2.03 bits per heavy atom. The Kier molecular flexibility index (Phi) is 4.55. The summed E-state index contributed by atoms with van der Waals surface area (Å²) in [5, 5.41) is 8.44. The normalized spacial score (nSPS) is 13.8. The van der Waals surface area contributed by atoms with Gasteiger partial charge in [-0.2, -0.15) is 0 Å². The number of hydrogen-bond donors (Lipinski definition) is 0. The molecular weight excluding hydrogens is 390 g/mol. The van der Waals surface area contributed by atoms with E-state index >= 15 is 0 Å². The monoisotopic (exact) mass is 407 g/mol. The van der Waals surface area contributed by atoms with E-state index in [1.807, 2.05) is 12.3 Å². The first-order chi connectivity index (χ1) is 14.1. The maximum absolute atomic E-state index is 12.4. The molecule has 0 saturated heterocycles. The number of aromatic nitrogens is 7. The fourth-order valence-corrected chi connectivity index (χ4v) is 3.47. The van der Waals surface area contributed by atoms with Crippen LogP contribution in [0.25, 0.3) is 5.65 Å². The topological polar surface area (TPSA) is 90.9 Å². The smallest absolute Gasteiger partial charge is 0.185 e. The molecule has 0 amide bonds. The molecule has 0 aromatic carbocycles. The summed E-state index contributed by atoms with van der Waals surface area (Å²) in [7, 11) is 0. The number of fused-ring (bicyclic) bond motifs is 1. The molecule has 4 aromatic rings. The first-order valence-electron chi connectivity index (χ1n) is 9.52. The van der Waals surface area contributed by atoms with E-state index < -0.39 is 0 Å². The van der Waals surface area contributed by atoms with Crippen LogP contribution in [0.5, 0.6) is 0 Å². The second kappa shape index (κ2) is 7.36. The van der Waals surface area contributed by atoms with Gasteiger partial charge in [0.05, 0.1) is 18.4 Å². The van der Waals surface area contributed by atoms with Gasteiger partial charge in [-0.1, -0.05) is 22.9 Å². The van der Waals surface area contributed by atoms with Crippen molar-refractivity contribution in [3.8, 4) is 0 Å². The Labute approximate surface area is 171 Å². The fourth-order valence-electron chi connectivity index (χ4n) is 3.31. The second-order valence-electron chi connectivity index (χ2n) is 7.25. The van der Waals surface area contributed by atoms with Crippen LogP contribution in [-0.4, -0.2) is 40.1 Å². The first-order valence-corrected chi connectivity index (χ1v) is 9.90. The zero-order valence-electron chi connectivity index (χ0n) is 15.6. The van der Waals surface area contributed by atoms with E-state index in [9.17, 15) is 4.79 Å². The SMILES string of the molecule is O=C(CCc1nccc(Cl)n1)c1cn(Cc2cn3cc(C4CC4)ccc3n2)nn1. The number of rotatable bonds is 7. The van der Waals surface area contributed by atoms with Crippen molar-refractivity contribution in [3.63, 3.8) is 0 Å². The second-order valence-corrected chi connectivity index (χ2v) is 7.64. The van der Waals surface area contributed by atoms with E-state index in [-0.39, 0.29) is 12.2 Å². The van der Waals surface area contributed by atoms with Crippen LogP contribution < -0.4 is 0 Å². The molecule has 0 bridgehead atoms. The molecule has 8 nitrogen and oxygen atoms in total. The molecule has 1 aliphatic carbocycles. The van der Waals surface area contributed by atoms with Crippen LogP contribution in [-0.2, 0) is 13.0 Å². The summed E-state index contributed by atoms with van der Waals surface area (Å²) in [6.45, 7) is 0.456. The Morgan fingerprint density at radius 1 is 1.14 bits per heavy atom. The molecule has 0 aliphatic heterocycles. The van der Waals surface area contributed by atoms with Crippen LogP contribution in [0, 0.1) is 0 Å². The van der Waals surface area contributed by atoms with Gasteiger partial charge >= 0.3 is 0 Å². The van der Waals surface area contributed by atoms with E-state index in [4.69, 9.17) is 11.6 Å². The van der Waals surface area contributed by atoms with Crippen molar-refractivity contribution in [1.29, 1.82) is 0 Å². The number of Topliss-reactive ketones (excluding diaryl/α,β-unsaturated/α-hetero) is 1. The third kappa shape index (κ3) is 4.02. The highest BCUT2D eigenvalue weighted by molar-refractivity contribution is 6.29. The predicted octanol–water partition coefficient (Wildman–Crippen LogP) is 3.11. The van der Waals surface area contributed by atoms with Crippen molar-refractivity contribution < 1.29 is 4.79 Å². The zero-order valence-corrected chi connectivity index (χ0v) is 16.3. The number of carbonyl (C=O) groups excluding carboxylic acids is 1. The molecule has 0 unspecified atom stereocenters. The zero-order chi connectivity index (χ0) is 19.8. The van der Waals surface area contributed by atoms with Crippen LogP contribution in [0.1, 0.15) is 52.8 Å². The third-order valence-electron chi connectivity index (χ3n) is 4.97. The highest BCUT2D eigenvalue weighted by Crippen LogP contribution is 2.39.